The zero-order valence-electron chi connectivity index (χ0n) is 16.2. The molecule has 154 valence electrons. The molecule has 3 rings (SSSR count). The van der Waals surface area contributed by atoms with Crippen LogP contribution in [0.25, 0.3) is 0 Å². The van der Waals surface area contributed by atoms with E-state index in [0.717, 1.165) is 5.75 Å². The number of hydrogen-bond donors (Lipinski definition) is 3. The molecule has 0 atom stereocenters. The SMILES string of the molecule is O=C(COC(=O)c1ccccc1NCCO)Nc1ccc(Oc2ccccc2)cc1. The average Bonchev–Trinajstić information content (AvgIpc) is 2.78. The zero-order chi connectivity index (χ0) is 21.2. The molecule has 0 aliphatic heterocycles. The molecule has 0 radical (unpaired) electrons. The highest BCUT2D eigenvalue weighted by atomic mass is 16.5. The lowest BCUT2D eigenvalue weighted by atomic mass is 10.2. The number of aliphatic hydroxyl groups is 1. The third kappa shape index (κ3) is 6.08. The van der Waals surface area contributed by atoms with Crippen LogP contribution in [-0.2, 0) is 9.53 Å². The predicted molar refractivity (Wildman–Crippen MR) is 114 cm³/mol. The second kappa shape index (κ2) is 10.6. The average molecular weight is 406 g/mol. The van der Waals surface area contributed by atoms with Crippen molar-refractivity contribution in [3.8, 4) is 11.5 Å². The molecule has 3 N–H and O–H groups in total. The number of carbonyl (C=O) groups is 2. The van der Waals surface area contributed by atoms with Crippen LogP contribution in [0.4, 0.5) is 11.4 Å². The van der Waals surface area contributed by atoms with Gasteiger partial charge in [-0.25, -0.2) is 4.79 Å². The van der Waals surface area contributed by atoms with E-state index < -0.39 is 18.5 Å². The van der Waals surface area contributed by atoms with Gasteiger partial charge in [0.1, 0.15) is 11.5 Å². The van der Waals surface area contributed by atoms with Gasteiger partial charge in [0, 0.05) is 17.9 Å². The lowest BCUT2D eigenvalue weighted by molar-refractivity contribution is -0.119. The normalized spacial score (nSPS) is 10.2. The molecule has 1 amide bonds. The van der Waals surface area contributed by atoms with E-state index in [-0.39, 0.29) is 6.61 Å². The number of nitrogens with one attached hydrogen (secondary N) is 2. The molecule has 7 nitrogen and oxygen atoms in total. The molecule has 30 heavy (non-hydrogen) atoms. The van der Waals surface area contributed by atoms with Gasteiger partial charge in [-0.1, -0.05) is 30.3 Å². The number of rotatable bonds is 9. The standard InChI is InChI=1S/C23H22N2O5/c26-15-14-24-21-9-5-4-8-20(21)23(28)29-16-22(27)25-17-10-12-19(13-11-17)30-18-6-2-1-3-7-18/h1-13,24,26H,14-16H2,(H,25,27). The maximum atomic E-state index is 12.3. The van der Waals surface area contributed by atoms with Crippen molar-refractivity contribution in [1.29, 1.82) is 0 Å². The van der Waals surface area contributed by atoms with Crippen LogP contribution < -0.4 is 15.4 Å². The molecule has 0 saturated heterocycles. The van der Waals surface area contributed by atoms with E-state index in [1.165, 1.54) is 0 Å². The van der Waals surface area contributed by atoms with Crippen LogP contribution in [0.2, 0.25) is 0 Å². The number of carbonyl (C=O) groups excluding carboxylic acids is 2. The highest BCUT2D eigenvalue weighted by molar-refractivity contribution is 5.98. The summed E-state index contributed by atoms with van der Waals surface area (Å²) in [4.78, 5) is 24.4. The Bertz CT molecular complexity index is 974. The van der Waals surface area contributed by atoms with Crippen molar-refractivity contribution in [3.05, 3.63) is 84.4 Å². The van der Waals surface area contributed by atoms with Gasteiger partial charge in [0.25, 0.3) is 5.91 Å². The summed E-state index contributed by atoms with van der Waals surface area (Å²) in [7, 11) is 0. The Balaban J connectivity index is 1.50. The minimum Gasteiger partial charge on any atom is -0.457 e. The van der Waals surface area contributed by atoms with Crippen LogP contribution in [0.15, 0.2) is 78.9 Å². The molecule has 0 heterocycles. The maximum Gasteiger partial charge on any atom is 0.340 e. The van der Waals surface area contributed by atoms with E-state index in [1.54, 1.807) is 48.5 Å². The van der Waals surface area contributed by atoms with E-state index in [4.69, 9.17) is 14.6 Å². The van der Waals surface area contributed by atoms with Crippen LogP contribution in [0.1, 0.15) is 10.4 Å². The van der Waals surface area contributed by atoms with Crippen molar-refractivity contribution in [2.45, 2.75) is 0 Å². The van der Waals surface area contributed by atoms with Gasteiger partial charge < -0.3 is 25.2 Å². The molecule has 0 saturated carbocycles. The Morgan fingerprint density at radius 3 is 2.23 bits per heavy atom. The Hall–Kier alpha value is -3.84. The number of aliphatic hydroxyl groups excluding tert-OH is 1. The molecule has 0 aliphatic carbocycles. The van der Waals surface area contributed by atoms with E-state index in [9.17, 15) is 9.59 Å². The van der Waals surface area contributed by atoms with Gasteiger partial charge in [-0.05, 0) is 48.5 Å². The Kier molecular flexibility index (Phi) is 7.40. The van der Waals surface area contributed by atoms with Crippen LogP contribution in [0, 0.1) is 0 Å². The van der Waals surface area contributed by atoms with Gasteiger partial charge in [-0.2, -0.15) is 0 Å². The fourth-order valence-electron chi connectivity index (χ4n) is 2.64. The van der Waals surface area contributed by atoms with Crippen molar-refractivity contribution in [2.24, 2.45) is 0 Å². The summed E-state index contributed by atoms with van der Waals surface area (Å²) in [6, 6.07) is 23.0. The third-order valence-electron chi connectivity index (χ3n) is 4.03. The first-order chi connectivity index (χ1) is 14.7. The lowest BCUT2D eigenvalue weighted by Crippen LogP contribution is -2.21. The number of hydrogen-bond acceptors (Lipinski definition) is 6. The molecular formula is C23H22N2O5. The molecule has 3 aromatic rings. The topological polar surface area (TPSA) is 96.9 Å². The summed E-state index contributed by atoms with van der Waals surface area (Å²) in [5, 5.41) is 14.5. The highest BCUT2D eigenvalue weighted by Crippen LogP contribution is 2.22. The third-order valence-corrected chi connectivity index (χ3v) is 4.03. The van der Waals surface area contributed by atoms with E-state index in [2.05, 4.69) is 10.6 Å². The smallest absolute Gasteiger partial charge is 0.340 e. The summed E-state index contributed by atoms with van der Waals surface area (Å²) in [5.41, 5.74) is 1.38. The second-order valence-electron chi connectivity index (χ2n) is 6.26. The van der Waals surface area contributed by atoms with Crippen molar-refractivity contribution in [2.75, 3.05) is 30.4 Å². The quantitative estimate of drug-likeness (QED) is 0.469. The Morgan fingerprint density at radius 2 is 1.50 bits per heavy atom. The van der Waals surface area contributed by atoms with Crippen LogP contribution in [-0.4, -0.2) is 36.7 Å². The fourth-order valence-corrected chi connectivity index (χ4v) is 2.64. The first-order valence-corrected chi connectivity index (χ1v) is 9.39. The van der Waals surface area contributed by atoms with Gasteiger partial charge in [-0.15, -0.1) is 0 Å². The maximum absolute atomic E-state index is 12.3. The Labute approximate surface area is 174 Å². The molecule has 0 fully saturated rings. The van der Waals surface area contributed by atoms with Crippen LogP contribution in [0.3, 0.4) is 0 Å². The summed E-state index contributed by atoms with van der Waals surface area (Å²) >= 11 is 0. The van der Waals surface area contributed by atoms with Gasteiger partial charge in [-0.3, -0.25) is 4.79 Å². The summed E-state index contributed by atoms with van der Waals surface area (Å²) in [6.45, 7) is -0.189. The highest BCUT2D eigenvalue weighted by Gasteiger charge is 2.14. The predicted octanol–water partition coefficient (Wildman–Crippen LogP) is 3.68. The van der Waals surface area contributed by atoms with E-state index in [0.29, 0.717) is 29.2 Å². The van der Waals surface area contributed by atoms with Crippen molar-refractivity contribution < 1.29 is 24.2 Å². The number of anilines is 2. The number of para-hydroxylation sites is 2. The van der Waals surface area contributed by atoms with Gasteiger partial charge in [0.15, 0.2) is 6.61 Å². The minimum absolute atomic E-state index is 0.0685. The van der Waals surface area contributed by atoms with Crippen LogP contribution >= 0.6 is 0 Å². The summed E-state index contributed by atoms with van der Waals surface area (Å²) in [5.74, 6) is 0.270. The molecule has 0 aliphatic rings. The van der Waals surface area contributed by atoms with E-state index >= 15 is 0 Å². The zero-order valence-corrected chi connectivity index (χ0v) is 16.2. The van der Waals surface area contributed by atoms with Crippen molar-refractivity contribution in [3.63, 3.8) is 0 Å². The molecule has 0 spiro atoms. The second-order valence-corrected chi connectivity index (χ2v) is 6.26. The van der Waals surface area contributed by atoms with Gasteiger partial charge >= 0.3 is 5.97 Å². The van der Waals surface area contributed by atoms with E-state index in [1.807, 2.05) is 30.3 Å². The fraction of sp³-hybridized carbons (Fsp3) is 0.130. The first-order valence-electron chi connectivity index (χ1n) is 9.39. The van der Waals surface area contributed by atoms with Crippen molar-refractivity contribution in [1.82, 2.24) is 0 Å². The largest absolute Gasteiger partial charge is 0.457 e. The number of ether oxygens (including phenoxy) is 2. The monoisotopic (exact) mass is 406 g/mol. The summed E-state index contributed by atoms with van der Waals surface area (Å²) in [6.07, 6.45) is 0. The molecule has 0 bridgehead atoms. The minimum atomic E-state index is -0.627. The number of amides is 1. The molecule has 7 heteroatoms. The first kappa shape index (κ1) is 20.9. The number of esters is 1. The molecule has 0 unspecified atom stereocenters. The van der Waals surface area contributed by atoms with Crippen molar-refractivity contribution >= 4 is 23.3 Å². The van der Waals surface area contributed by atoms with Gasteiger partial charge in [0.05, 0.1) is 12.2 Å². The lowest BCUT2D eigenvalue weighted by Gasteiger charge is -2.11. The molecule has 3 aromatic carbocycles. The molecular weight excluding hydrogens is 384 g/mol. The number of benzene rings is 3. The Morgan fingerprint density at radius 1 is 0.833 bits per heavy atom. The molecule has 0 aromatic heterocycles. The van der Waals surface area contributed by atoms with Crippen LogP contribution in [0.5, 0.6) is 11.5 Å². The summed E-state index contributed by atoms with van der Waals surface area (Å²) < 4.78 is 10.8. The van der Waals surface area contributed by atoms with Gasteiger partial charge in [0.2, 0.25) is 0 Å².